The van der Waals surface area contributed by atoms with E-state index in [0.29, 0.717) is 10.8 Å². The van der Waals surface area contributed by atoms with Gasteiger partial charge >= 0.3 is 0 Å². The molecule has 0 amide bonds. The lowest BCUT2D eigenvalue weighted by Crippen LogP contribution is -1.94. The van der Waals surface area contributed by atoms with Gasteiger partial charge in [-0.15, -0.1) is 11.6 Å². The van der Waals surface area contributed by atoms with Crippen LogP contribution in [0, 0.1) is 0 Å². The Morgan fingerprint density at radius 1 is 1.11 bits per heavy atom. The van der Waals surface area contributed by atoms with Gasteiger partial charge in [-0.3, -0.25) is 0 Å². The minimum atomic E-state index is -0.231. The van der Waals surface area contributed by atoms with Gasteiger partial charge in [0.2, 0.25) is 0 Å². The predicted octanol–water partition coefficient (Wildman–Crippen LogP) is 5.44. The first-order valence-electron chi connectivity index (χ1n) is 5.35. The predicted molar refractivity (Wildman–Crippen MR) is 79.8 cm³/mol. The van der Waals surface area contributed by atoms with E-state index in [-0.39, 0.29) is 5.38 Å². The second-order valence-electron chi connectivity index (χ2n) is 3.81. The molecule has 0 saturated heterocycles. The van der Waals surface area contributed by atoms with E-state index < -0.39 is 0 Å². The monoisotopic (exact) mass is 344 g/mol. The molecule has 94 valence electrons. The number of halogens is 3. The molecule has 0 saturated carbocycles. The molecule has 0 fully saturated rings. The van der Waals surface area contributed by atoms with Gasteiger partial charge in [0.25, 0.3) is 0 Å². The summed E-state index contributed by atoms with van der Waals surface area (Å²) in [6.07, 6.45) is 0. The van der Waals surface area contributed by atoms with E-state index in [1.165, 1.54) is 0 Å². The summed E-state index contributed by atoms with van der Waals surface area (Å²) in [4.78, 5) is 0. The maximum Gasteiger partial charge on any atom is 0.137 e. The number of rotatable bonds is 3. The van der Waals surface area contributed by atoms with Crippen molar-refractivity contribution in [2.24, 2.45) is 0 Å². The third kappa shape index (κ3) is 3.00. The first-order chi connectivity index (χ1) is 8.61. The highest BCUT2D eigenvalue weighted by molar-refractivity contribution is 9.10. The van der Waals surface area contributed by atoms with E-state index in [9.17, 15) is 0 Å². The van der Waals surface area contributed by atoms with Gasteiger partial charge < -0.3 is 4.74 Å². The number of ether oxygens (including phenoxy) is 1. The summed E-state index contributed by atoms with van der Waals surface area (Å²) >= 11 is 16.0. The Morgan fingerprint density at radius 2 is 1.83 bits per heavy atom. The van der Waals surface area contributed by atoms with E-state index >= 15 is 0 Å². The van der Waals surface area contributed by atoms with Gasteiger partial charge in [0.05, 0.1) is 17.5 Å². The van der Waals surface area contributed by atoms with Crippen LogP contribution in [0.4, 0.5) is 0 Å². The standard InChI is InChI=1S/C14H11BrCl2O/c1-18-13-6-5-10(8-12(13)16)14(17)9-3-2-4-11(15)7-9/h2-8,14H,1H3. The van der Waals surface area contributed by atoms with Gasteiger partial charge in [-0.25, -0.2) is 0 Å². The molecule has 18 heavy (non-hydrogen) atoms. The maximum absolute atomic E-state index is 6.45. The highest BCUT2D eigenvalue weighted by Crippen LogP contribution is 2.34. The molecule has 0 aliphatic heterocycles. The first kappa shape index (κ1) is 13.7. The van der Waals surface area contributed by atoms with E-state index in [2.05, 4.69) is 15.9 Å². The quantitative estimate of drug-likeness (QED) is 0.673. The molecule has 0 spiro atoms. The van der Waals surface area contributed by atoms with Crippen LogP contribution < -0.4 is 4.74 Å². The van der Waals surface area contributed by atoms with Crippen LogP contribution in [0.3, 0.4) is 0 Å². The van der Waals surface area contributed by atoms with Crippen molar-refractivity contribution in [1.82, 2.24) is 0 Å². The number of hydrogen-bond acceptors (Lipinski definition) is 1. The molecule has 0 N–H and O–H groups in total. The Hall–Kier alpha value is -0.700. The van der Waals surface area contributed by atoms with Crippen molar-refractivity contribution < 1.29 is 4.74 Å². The molecule has 1 unspecified atom stereocenters. The molecular formula is C14H11BrCl2O. The molecule has 0 aliphatic rings. The second kappa shape index (κ2) is 5.96. The van der Waals surface area contributed by atoms with Crippen molar-refractivity contribution >= 4 is 39.1 Å². The van der Waals surface area contributed by atoms with Gasteiger partial charge in [0.1, 0.15) is 5.75 Å². The average Bonchev–Trinajstić information content (AvgIpc) is 2.37. The summed E-state index contributed by atoms with van der Waals surface area (Å²) in [7, 11) is 1.59. The zero-order valence-electron chi connectivity index (χ0n) is 9.66. The Morgan fingerprint density at radius 3 is 2.44 bits per heavy atom. The minimum Gasteiger partial charge on any atom is -0.495 e. The van der Waals surface area contributed by atoms with Crippen LogP contribution >= 0.6 is 39.1 Å². The fraction of sp³-hybridized carbons (Fsp3) is 0.143. The molecule has 0 aliphatic carbocycles. The van der Waals surface area contributed by atoms with Crippen LogP contribution in [0.15, 0.2) is 46.9 Å². The van der Waals surface area contributed by atoms with Crippen LogP contribution in [0.25, 0.3) is 0 Å². The number of alkyl halides is 1. The van der Waals surface area contributed by atoms with Crippen molar-refractivity contribution in [3.8, 4) is 5.75 Å². The third-order valence-corrected chi connectivity index (χ3v) is 3.90. The van der Waals surface area contributed by atoms with Crippen molar-refractivity contribution in [3.05, 3.63) is 63.1 Å². The van der Waals surface area contributed by atoms with E-state index in [0.717, 1.165) is 15.6 Å². The van der Waals surface area contributed by atoms with Crippen molar-refractivity contribution in [1.29, 1.82) is 0 Å². The average molecular weight is 346 g/mol. The molecule has 0 aromatic heterocycles. The van der Waals surface area contributed by atoms with Gasteiger partial charge in [0, 0.05) is 4.47 Å². The Kier molecular flexibility index (Phi) is 4.55. The zero-order chi connectivity index (χ0) is 13.1. The van der Waals surface area contributed by atoms with Crippen molar-refractivity contribution in [2.75, 3.05) is 7.11 Å². The number of methoxy groups -OCH3 is 1. The number of benzene rings is 2. The lowest BCUT2D eigenvalue weighted by molar-refractivity contribution is 0.415. The summed E-state index contributed by atoms with van der Waals surface area (Å²) in [6, 6.07) is 13.5. The molecule has 0 heterocycles. The first-order valence-corrected chi connectivity index (χ1v) is 6.95. The van der Waals surface area contributed by atoms with Gasteiger partial charge in [-0.05, 0) is 35.4 Å². The Balaban J connectivity index is 2.34. The molecule has 1 atom stereocenters. The molecule has 4 heteroatoms. The SMILES string of the molecule is COc1ccc(C(Cl)c2cccc(Br)c2)cc1Cl. The van der Waals surface area contributed by atoms with Crippen LogP contribution in [0.5, 0.6) is 5.75 Å². The zero-order valence-corrected chi connectivity index (χ0v) is 12.8. The van der Waals surface area contributed by atoms with E-state index in [1.807, 2.05) is 42.5 Å². The summed E-state index contributed by atoms with van der Waals surface area (Å²) in [5, 5.41) is 0.335. The smallest absolute Gasteiger partial charge is 0.137 e. The van der Waals surface area contributed by atoms with Gasteiger partial charge in [0.15, 0.2) is 0 Å². The van der Waals surface area contributed by atoms with E-state index in [1.54, 1.807) is 7.11 Å². The Bertz CT molecular complexity index is 557. The molecule has 1 nitrogen and oxygen atoms in total. The fourth-order valence-corrected chi connectivity index (χ4v) is 2.65. The minimum absolute atomic E-state index is 0.231. The highest BCUT2D eigenvalue weighted by atomic mass is 79.9. The molecule has 2 rings (SSSR count). The molecule has 0 bridgehead atoms. The van der Waals surface area contributed by atoms with Crippen LogP contribution in [0.2, 0.25) is 5.02 Å². The van der Waals surface area contributed by atoms with Crippen molar-refractivity contribution in [2.45, 2.75) is 5.38 Å². The summed E-state index contributed by atoms with van der Waals surface area (Å²) in [5.41, 5.74) is 1.97. The normalized spacial score (nSPS) is 12.2. The largest absolute Gasteiger partial charge is 0.495 e. The topological polar surface area (TPSA) is 9.23 Å². The van der Waals surface area contributed by atoms with Gasteiger partial charge in [-0.1, -0.05) is 45.7 Å². The summed E-state index contributed by atoms with van der Waals surface area (Å²) in [5.74, 6) is 0.651. The third-order valence-electron chi connectivity index (χ3n) is 2.61. The Labute approximate surface area is 125 Å². The van der Waals surface area contributed by atoms with E-state index in [4.69, 9.17) is 27.9 Å². The summed E-state index contributed by atoms with van der Waals surface area (Å²) in [6.45, 7) is 0. The van der Waals surface area contributed by atoms with Gasteiger partial charge in [-0.2, -0.15) is 0 Å². The molecule has 2 aromatic rings. The highest BCUT2D eigenvalue weighted by Gasteiger charge is 2.13. The number of hydrogen-bond donors (Lipinski definition) is 0. The maximum atomic E-state index is 6.45. The lowest BCUT2D eigenvalue weighted by Gasteiger charge is -2.12. The molecular weight excluding hydrogens is 335 g/mol. The summed E-state index contributed by atoms with van der Waals surface area (Å²) < 4.78 is 6.13. The molecule has 0 radical (unpaired) electrons. The van der Waals surface area contributed by atoms with Crippen LogP contribution in [-0.4, -0.2) is 7.11 Å². The van der Waals surface area contributed by atoms with Crippen LogP contribution in [0.1, 0.15) is 16.5 Å². The van der Waals surface area contributed by atoms with Crippen molar-refractivity contribution in [3.63, 3.8) is 0 Å². The molecule has 2 aromatic carbocycles. The second-order valence-corrected chi connectivity index (χ2v) is 5.57. The fourth-order valence-electron chi connectivity index (χ4n) is 1.70. The van der Waals surface area contributed by atoms with Crippen LogP contribution in [-0.2, 0) is 0 Å². The lowest BCUT2D eigenvalue weighted by atomic mass is 10.0.